The number of hydrogen-bond donors (Lipinski definition) is 1. The molecule has 0 fully saturated rings. The van der Waals surface area contributed by atoms with E-state index in [9.17, 15) is 49.1 Å². The average molecular weight is 744 g/mol. The Hall–Kier alpha value is -5.41. The zero-order chi connectivity index (χ0) is 38.7. The summed E-state index contributed by atoms with van der Waals surface area (Å²) in [6, 6.07) is 16.9. The van der Waals surface area contributed by atoms with E-state index in [1.807, 2.05) is 0 Å². The van der Waals surface area contributed by atoms with Gasteiger partial charge in [0.25, 0.3) is 5.91 Å². The van der Waals surface area contributed by atoms with Crippen LogP contribution in [0.15, 0.2) is 91.0 Å². The number of aryl methyl sites for hydroxylation is 1. The first kappa shape index (κ1) is 39.4. The maximum Gasteiger partial charge on any atom is 0.573 e. The van der Waals surface area contributed by atoms with E-state index in [2.05, 4.69) is 14.8 Å². The molecule has 4 aromatic carbocycles. The second-order valence-corrected chi connectivity index (χ2v) is 12.0. The zero-order valence-electron chi connectivity index (χ0n) is 27.7. The van der Waals surface area contributed by atoms with Gasteiger partial charge in [-0.25, -0.2) is 4.79 Å². The van der Waals surface area contributed by atoms with Gasteiger partial charge < -0.3 is 24.3 Å². The molecule has 0 saturated heterocycles. The number of benzene rings is 4. The number of carbonyl (C=O) groups excluding carboxylic acids is 2. The predicted octanol–water partition coefficient (Wildman–Crippen LogP) is 9.06. The molecule has 0 aliphatic heterocycles. The van der Waals surface area contributed by atoms with E-state index in [-0.39, 0.29) is 22.4 Å². The van der Waals surface area contributed by atoms with Crippen molar-refractivity contribution in [2.45, 2.75) is 57.2 Å². The number of alkyl halides is 9. The predicted molar refractivity (Wildman–Crippen MR) is 168 cm³/mol. The van der Waals surface area contributed by atoms with E-state index in [1.54, 1.807) is 0 Å². The van der Waals surface area contributed by atoms with Gasteiger partial charge in [0, 0.05) is 12.0 Å². The van der Waals surface area contributed by atoms with Crippen LogP contribution in [0.5, 0.6) is 17.2 Å². The van der Waals surface area contributed by atoms with E-state index < -0.39 is 71.0 Å². The lowest BCUT2D eigenvalue weighted by Gasteiger charge is -2.37. The van der Waals surface area contributed by atoms with Crippen LogP contribution < -0.4 is 19.5 Å². The van der Waals surface area contributed by atoms with Crippen molar-refractivity contribution >= 4 is 11.9 Å². The average Bonchev–Trinajstić information content (AvgIpc) is 3.03. The van der Waals surface area contributed by atoms with Crippen molar-refractivity contribution < 1.29 is 68.1 Å². The minimum atomic E-state index is -5.17. The van der Waals surface area contributed by atoms with Gasteiger partial charge in [0.15, 0.2) is 5.60 Å². The number of amides is 1. The van der Waals surface area contributed by atoms with Crippen LogP contribution >= 0.6 is 0 Å². The molecule has 4 aromatic rings. The van der Waals surface area contributed by atoms with Crippen LogP contribution in [0.3, 0.4) is 0 Å². The molecule has 0 saturated carbocycles. The van der Waals surface area contributed by atoms with E-state index >= 15 is 0 Å². The van der Waals surface area contributed by atoms with Crippen LogP contribution in [-0.4, -0.2) is 37.3 Å². The summed E-state index contributed by atoms with van der Waals surface area (Å²) in [5, 5.41) is 2.61. The summed E-state index contributed by atoms with van der Waals surface area (Å²) in [6.45, 7) is 4.05. The van der Waals surface area contributed by atoms with Crippen molar-refractivity contribution in [1.29, 1.82) is 0 Å². The van der Waals surface area contributed by atoms with Crippen LogP contribution in [0, 0.1) is 6.92 Å². The first-order chi connectivity index (χ1) is 24.0. The highest BCUT2D eigenvalue weighted by Gasteiger charge is 2.41. The maximum absolute atomic E-state index is 14.0. The normalized spacial score (nSPS) is 12.6. The number of nitrogens with one attached hydrogen (secondary N) is 1. The van der Waals surface area contributed by atoms with E-state index in [0.717, 1.165) is 55.6 Å². The van der Waals surface area contributed by atoms with Crippen LogP contribution in [0.25, 0.3) is 0 Å². The molecule has 1 amide bonds. The van der Waals surface area contributed by atoms with Gasteiger partial charge in [0.1, 0.15) is 17.2 Å². The maximum atomic E-state index is 14.0. The molecule has 0 aliphatic carbocycles. The number of halogens is 9. The number of carbonyl (C=O) groups is 2. The van der Waals surface area contributed by atoms with Crippen LogP contribution in [0.2, 0.25) is 0 Å². The summed E-state index contributed by atoms with van der Waals surface area (Å²) in [4.78, 5) is 26.1. The molecule has 0 unspecified atom stereocenters. The Bertz CT molecular complexity index is 1840. The highest BCUT2D eigenvalue weighted by atomic mass is 19.4. The molecule has 0 heterocycles. The van der Waals surface area contributed by atoms with Gasteiger partial charge in [-0.2, -0.15) is 13.2 Å². The van der Waals surface area contributed by atoms with Crippen LogP contribution in [-0.2, 0) is 27.7 Å². The van der Waals surface area contributed by atoms with Crippen molar-refractivity contribution in [3.63, 3.8) is 0 Å². The summed E-state index contributed by atoms with van der Waals surface area (Å²) in [5.41, 5.74) is -5.43. The van der Waals surface area contributed by atoms with Crippen molar-refractivity contribution in [1.82, 2.24) is 5.32 Å². The van der Waals surface area contributed by atoms with Gasteiger partial charge >= 0.3 is 24.9 Å². The van der Waals surface area contributed by atoms with Crippen LogP contribution in [0.1, 0.15) is 52.0 Å². The molecule has 52 heavy (non-hydrogen) atoms. The Labute approximate surface area is 291 Å². The van der Waals surface area contributed by atoms with Crippen molar-refractivity contribution in [3.05, 3.63) is 124 Å². The van der Waals surface area contributed by atoms with Gasteiger partial charge in [-0.15, -0.1) is 26.3 Å². The highest BCUT2D eigenvalue weighted by molar-refractivity contribution is 5.95. The molecule has 0 spiro atoms. The zero-order valence-corrected chi connectivity index (χ0v) is 27.7. The Morgan fingerprint density at radius 3 is 1.63 bits per heavy atom. The van der Waals surface area contributed by atoms with Gasteiger partial charge in [0.05, 0.1) is 18.2 Å². The molecule has 16 heteroatoms. The molecule has 278 valence electrons. The van der Waals surface area contributed by atoms with Gasteiger partial charge in [-0.1, -0.05) is 42.5 Å². The monoisotopic (exact) mass is 743 g/mol. The third kappa shape index (κ3) is 9.88. The highest BCUT2D eigenvalue weighted by Crippen LogP contribution is 2.40. The van der Waals surface area contributed by atoms with E-state index in [0.29, 0.717) is 11.6 Å². The second kappa shape index (κ2) is 14.7. The third-order valence-electron chi connectivity index (χ3n) is 7.70. The lowest BCUT2D eigenvalue weighted by atomic mass is 9.77. The number of ether oxygens (including phenoxy) is 4. The standard InChI is InChI=1S/C36H30F9NO6/c1-21-11-14-23(17-29(21)34(37,38)39)30(47)46-33(24-7-5-9-27(18-24)51-35(40,41)42,25-8-6-10-28(19-25)52-36(43,44)45)20-22-12-15-26(16-13-22)50-32(2,3)31(48)49-4/h5-19H,20H2,1-4H3,(H,46,47). The summed E-state index contributed by atoms with van der Waals surface area (Å²) in [6.07, 6.45) is -15.6. The fraction of sp³-hybridized carbons (Fsp3) is 0.278. The van der Waals surface area contributed by atoms with Crippen LogP contribution in [0.4, 0.5) is 39.5 Å². The summed E-state index contributed by atoms with van der Waals surface area (Å²) in [7, 11) is 1.16. The third-order valence-corrected chi connectivity index (χ3v) is 7.70. The van der Waals surface area contributed by atoms with Crippen molar-refractivity contribution in [2.24, 2.45) is 0 Å². The SMILES string of the molecule is COC(=O)C(C)(C)Oc1ccc(CC(NC(=O)c2ccc(C)c(C(F)(F)F)c2)(c2cccc(OC(F)(F)F)c2)c2cccc(OC(F)(F)F)c2)cc1. The van der Waals surface area contributed by atoms with Gasteiger partial charge in [-0.05, 0) is 91.6 Å². The first-order valence-corrected chi connectivity index (χ1v) is 15.1. The molecule has 1 N–H and O–H groups in total. The summed E-state index contributed by atoms with van der Waals surface area (Å²) >= 11 is 0. The summed E-state index contributed by atoms with van der Waals surface area (Å²) < 4.78 is 140. The Morgan fingerprint density at radius 1 is 0.654 bits per heavy atom. The number of rotatable bonds is 11. The molecule has 0 radical (unpaired) electrons. The molecule has 0 atom stereocenters. The molecule has 0 aliphatic rings. The quantitative estimate of drug-likeness (QED) is 0.122. The fourth-order valence-corrected chi connectivity index (χ4v) is 5.37. The smallest absolute Gasteiger partial charge is 0.476 e. The Balaban J connectivity index is 1.95. The minimum absolute atomic E-state index is 0.161. The topological polar surface area (TPSA) is 83.1 Å². The molecular formula is C36H30F9NO6. The lowest BCUT2D eigenvalue weighted by molar-refractivity contribution is -0.275. The lowest BCUT2D eigenvalue weighted by Crippen LogP contribution is -2.48. The molecule has 0 bridgehead atoms. The second-order valence-electron chi connectivity index (χ2n) is 12.0. The van der Waals surface area contributed by atoms with Gasteiger partial charge in [-0.3, -0.25) is 4.79 Å². The van der Waals surface area contributed by atoms with Crippen molar-refractivity contribution in [2.75, 3.05) is 7.11 Å². The van der Waals surface area contributed by atoms with E-state index in [1.165, 1.54) is 57.2 Å². The Morgan fingerprint density at radius 2 is 1.17 bits per heavy atom. The first-order valence-electron chi connectivity index (χ1n) is 15.1. The molecule has 7 nitrogen and oxygen atoms in total. The number of methoxy groups -OCH3 is 1. The molecule has 4 rings (SSSR count). The van der Waals surface area contributed by atoms with Gasteiger partial charge in [0.2, 0.25) is 0 Å². The fourth-order valence-electron chi connectivity index (χ4n) is 5.37. The molecular weight excluding hydrogens is 713 g/mol. The largest absolute Gasteiger partial charge is 0.573 e. The number of esters is 1. The number of hydrogen-bond acceptors (Lipinski definition) is 6. The van der Waals surface area contributed by atoms with Crippen molar-refractivity contribution in [3.8, 4) is 17.2 Å². The minimum Gasteiger partial charge on any atom is -0.476 e. The molecule has 0 aromatic heterocycles. The van der Waals surface area contributed by atoms with E-state index in [4.69, 9.17) is 9.47 Å². The Kier molecular flexibility index (Phi) is 11.1. The summed E-state index contributed by atoms with van der Waals surface area (Å²) in [5.74, 6) is -3.24.